The van der Waals surface area contributed by atoms with Gasteiger partial charge in [-0.2, -0.15) is 4.68 Å². The summed E-state index contributed by atoms with van der Waals surface area (Å²) in [5, 5.41) is 15.4. The average Bonchev–Trinajstić information content (AvgIpc) is 2.85. The molecule has 0 amide bonds. The topological polar surface area (TPSA) is 55.6 Å². The first-order valence-corrected chi connectivity index (χ1v) is 6.37. The SMILES string of the molecule is CCCNC(C)Cc1nnnn1-c1ccccc1. The Kier molecular flexibility index (Phi) is 4.41. The molecule has 0 saturated heterocycles. The molecule has 0 bridgehead atoms. The van der Waals surface area contributed by atoms with Gasteiger partial charge in [-0.25, -0.2) is 0 Å². The van der Waals surface area contributed by atoms with Crippen LogP contribution in [0.2, 0.25) is 0 Å². The molecule has 1 atom stereocenters. The number of nitrogens with zero attached hydrogens (tertiary/aromatic N) is 4. The van der Waals surface area contributed by atoms with Crippen LogP contribution in [-0.2, 0) is 6.42 Å². The molecule has 1 heterocycles. The summed E-state index contributed by atoms with van der Waals surface area (Å²) < 4.78 is 1.80. The molecule has 1 unspecified atom stereocenters. The minimum absolute atomic E-state index is 0.374. The molecule has 0 aliphatic carbocycles. The standard InChI is InChI=1S/C13H19N5/c1-3-9-14-11(2)10-13-15-16-17-18(13)12-7-5-4-6-8-12/h4-8,11,14H,3,9-10H2,1-2H3. The Labute approximate surface area is 107 Å². The number of para-hydroxylation sites is 1. The molecule has 1 N–H and O–H groups in total. The number of aromatic nitrogens is 4. The summed E-state index contributed by atoms with van der Waals surface area (Å²) in [5.41, 5.74) is 1.00. The van der Waals surface area contributed by atoms with E-state index in [-0.39, 0.29) is 0 Å². The van der Waals surface area contributed by atoms with Gasteiger partial charge >= 0.3 is 0 Å². The third kappa shape index (κ3) is 3.13. The van der Waals surface area contributed by atoms with E-state index in [9.17, 15) is 0 Å². The average molecular weight is 245 g/mol. The third-order valence-corrected chi connectivity index (χ3v) is 2.77. The van der Waals surface area contributed by atoms with E-state index in [1.165, 1.54) is 0 Å². The highest BCUT2D eigenvalue weighted by Crippen LogP contribution is 2.08. The van der Waals surface area contributed by atoms with Gasteiger partial charge in [0.05, 0.1) is 5.69 Å². The maximum absolute atomic E-state index is 4.10. The van der Waals surface area contributed by atoms with Crippen molar-refractivity contribution in [1.82, 2.24) is 25.5 Å². The Morgan fingerprint density at radius 2 is 2.06 bits per heavy atom. The first-order chi connectivity index (χ1) is 8.81. The van der Waals surface area contributed by atoms with Crippen molar-refractivity contribution in [2.45, 2.75) is 32.7 Å². The van der Waals surface area contributed by atoms with Crippen molar-refractivity contribution in [3.8, 4) is 5.69 Å². The Morgan fingerprint density at radius 1 is 1.28 bits per heavy atom. The van der Waals surface area contributed by atoms with Crippen LogP contribution in [0.5, 0.6) is 0 Å². The summed E-state index contributed by atoms with van der Waals surface area (Å²) in [6.45, 7) is 5.33. The van der Waals surface area contributed by atoms with Gasteiger partial charge in [-0.3, -0.25) is 0 Å². The highest BCUT2D eigenvalue weighted by molar-refractivity contribution is 5.30. The maximum atomic E-state index is 4.10. The van der Waals surface area contributed by atoms with Crippen molar-refractivity contribution in [2.75, 3.05) is 6.54 Å². The van der Waals surface area contributed by atoms with Gasteiger partial charge in [0.2, 0.25) is 0 Å². The van der Waals surface area contributed by atoms with Gasteiger partial charge < -0.3 is 5.32 Å². The lowest BCUT2D eigenvalue weighted by atomic mass is 10.2. The molecule has 18 heavy (non-hydrogen) atoms. The van der Waals surface area contributed by atoms with E-state index >= 15 is 0 Å². The van der Waals surface area contributed by atoms with Crippen LogP contribution in [-0.4, -0.2) is 32.8 Å². The van der Waals surface area contributed by atoms with Crippen LogP contribution < -0.4 is 5.32 Å². The Morgan fingerprint density at radius 3 is 2.78 bits per heavy atom. The molecule has 0 aliphatic rings. The minimum Gasteiger partial charge on any atom is -0.314 e. The monoisotopic (exact) mass is 245 g/mol. The molecular weight excluding hydrogens is 226 g/mol. The second-order valence-corrected chi connectivity index (χ2v) is 4.40. The lowest BCUT2D eigenvalue weighted by Gasteiger charge is -2.12. The summed E-state index contributed by atoms with van der Waals surface area (Å²) >= 11 is 0. The van der Waals surface area contributed by atoms with Crippen molar-refractivity contribution < 1.29 is 0 Å². The molecule has 2 rings (SSSR count). The quantitative estimate of drug-likeness (QED) is 0.839. The molecule has 1 aromatic heterocycles. The molecule has 0 saturated carbocycles. The van der Waals surface area contributed by atoms with Crippen molar-refractivity contribution in [3.05, 3.63) is 36.2 Å². The molecular formula is C13H19N5. The zero-order chi connectivity index (χ0) is 12.8. The fourth-order valence-corrected chi connectivity index (χ4v) is 1.84. The predicted molar refractivity (Wildman–Crippen MR) is 70.6 cm³/mol. The molecule has 0 spiro atoms. The van der Waals surface area contributed by atoms with Crippen LogP contribution in [0.3, 0.4) is 0 Å². The van der Waals surface area contributed by atoms with E-state index in [1.807, 2.05) is 30.3 Å². The first-order valence-electron chi connectivity index (χ1n) is 6.37. The smallest absolute Gasteiger partial charge is 0.158 e. The van der Waals surface area contributed by atoms with E-state index in [2.05, 4.69) is 34.7 Å². The normalized spacial score (nSPS) is 12.6. The fraction of sp³-hybridized carbons (Fsp3) is 0.462. The Bertz CT molecular complexity index is 465. The second-order valence-electron chi connectivity index (χ2n) is 4.40. The Balaban J connectivity index is 2.09. The van der Waals surface area contributed by atoms with Crippen LogP contribution in [0, 0.1) is 0 Å². The largest absolute Gasteiger partial charge is 0.314 e. The van der Waals surface area contributed by atoms with Crippen LogP contribution >= 0.6 is 0 Å². The van der Waals surface area contributed by atoms with Gasteiger partial charge in [0.25, 0.3) is 0 Å². The molecule has 2 aromatic rings. The van der Waals surface area contributed by atoms with E-state index in [0.717, 1.165) is 30.9 Å². The minimum atomic E-state index is 0.374. The van der Waals surface area contributed by atoms with Crippen molar-refractivity contribution in [3.63, 3.8) is 0 Å². The lowest BCUT2D eigenvalue weighted by Crippen LogP contribution is -2.29. The van der Waals surface area contributed by atoms with E-state index in [1.54, 1.807) is 4.68 Å². The van der Waals surface area contributed by atoms with Gasteiger partial charge in [-0.1, -0.05) is 25.1 Å². The summed E-state index contributed by atoms with van der Waals surface area (Å²) in [4.78, 5) is 0. The second kappa shape index (κ2) is 6.26. The maximum Gasteiger partial charge on any atom is 0.158 e. The Hall–Kier alpha value is -1.75. The van der Waals surface area contributed by atoms with E-state index in [4.69, 9.17) is 0 Å². The number of hydrogen-bond acceptors (Lipinski definition) is 4. The third-order valence-electron chi connectivity index (χ3n) is 2.77. The number of rotatable bonds is 6. The molecule has 5 nitrogen and oxygen atoms in total. The van der Waals surface area contributed by atoms with Crippen molar-refractivity contribution >= 4 is 0 Å². The molecule has 5 heteroatoms. The molecule has 0 aliphatic heterocycles. The van der Waals surface area contributed by atoms with E-state index in [0.29, 0.717) is 6.04 Å². The lowest BCUT2D eigenvalue weighted by molar-refractivity contribution is 0.527. The van der Waals surface area contributed by atoms with Gasteiger partial charge in [0.15, 0.2) is 5.82 Å². The van der Waals surface area contributed by atoms with Crippen molar-refractivity contribution in [1.29, 1.82) is 0 Å². The fourth-order valence-electron chi connectivity index (χ4n) is 1.84. The van der Waals surface area contributed by atoms with E-state index < -0.39 is 0 Å². The molecule has 0 fully saturated rings. The number of hydrogen-bond donors (Lipinski definition) is 1. The highest BCUT2D eigenvalue weighted by atomic mass is 15.5. The number of benzene rings is 1. The molecule has 1 aromatic carbocycles. The summed E-state index contributed by atoms with van der Waals surface area (Å²) in [6.07, 6.45) is 1.95. The number of tetrazole rings is 1. The van der Waals surface area contributed by atoms with Crippen LogP contribution in [0.4, 0.5) is 0 Å². The van der Waals surface area contributed by atoms with Gasteiger partial charge in [-0.15, -0.1) is 5.10 Å². The number of nitrogens with one attached hydrogen (secondary N) is 1. The summed E-state index contributed by atoms with van der Waals surface area (Å²) in [6, 6.07) is 10.3. The highest BCUT2D eigenvalue weighted by Gasteiger charge is 2.11. The van der Waals surface area contributed by atoms with Gasteiger partial charge in [-0.05, 0) is 42.4 Å². The summed E-state index contributed by atoms with van der Waals surface area (Å²) in [5.74, 6) is 0.886. The van der Waals surface area contributed by atoms with Crippen LogP contribution in [0.15, 0.2) is 30.3 Å². The first kappa shape index (κ1) is 12.7. The zero-order valence-electron chi connectivity index (χ0n) is 10.9. The van der Waals surface area contributed by atoms with Crippen molar-refractivity contribution in [2.24, 2.45) is 0 Å². The van der Waals surface area contributed by atoms with Crippen LogP contribution in [0.1, 0.15) is 26.1 Å². The summed E-state index contributed by atoms with van der Waals surface area (Å²) in [7, 11) is 0. The molecule has 0 radical (unpaired) electrons. The molecule has 96 valence electrons. The van der Waals surface area contributed by atoms with Gasteiger partial charge in [0.1, 0.15) is 0 Å². The predicted octanol–water partition coefficient (Wildman–Crippen LogP) is 1.59. The van der Waals surface area contributed by atoms with Crippen LogP contribution in [0.25, 0.3) is 5.69 Å². The zero-order valence-corrected chi connectivity index (χ0v) is 10.9. The van der Waals surface area contributed by atoms with Gasteiger partial charge in [0, 0.05) is 12.5 Å².